The van der Waals surface area contributed by atoms with Crippen molar-refractivity contribution in [3.8, 4) is 5.75 Å². The Hall–Kier alpha value is -4.00. The minimum absolute atomic E-state index is 0.123. The number of imide groups is 1. The summed E-state index contributed by atoms with van der Waals surface area (Å²) < 4.78 is 1.96. The summed E-state index contributed by atoms with van der Waals surface area (Å²) in [5.41, 5.74) is 3.63. The first-order valence-corrected chi connectivity index (χ1v) is 10.5. The van der Waals surface area contributed by atoms with E-state index >= 15 is 0 Å². The van der Waals surface area contributed by atoms with Crippen molar-refractivity contribution in [3.63, 3.8) is 0 Å². The smallest absolute Gasteiger partial charge is 0.259 e. The molecule has 2 amide bonds. The van der Waals surface area contributed by atoms with Crippen LogP contribution in [0.15, 0.2) is 59.9 Å². The standard InChI is InChI=1S/C24H18N4O3S/c29-14-6-7-16-18(12-28(20(16)10-14)9-3-8-25-13-32)22-21(23(30)27-24(22)31)17-11-26-19-5-2-1-4-15(17)19/h1-2,4-7,10-12,26,29H,3,8-9H2,(H,27,30,31). The van der Waals surface area contributed by atoms with Crippen LogP contribution in [0.4, 0.5) is 0 Å². The van der Waals surface area contributed by atoms with Crippen molar-refractivity contribution in [1.82, 2.24) is 14.9 Å². The lowest BCUT2D eigenvalue weighted by Gasteiger charge is -2.03. The average molecular weight is 443 g/mol. The zero-order valence-electron chi connectivity index (χ0n) is 16.9. The van der Waals surface area contributed by atoms with E-state index in [0.29, 0.717) is 41.8 Å². The second-order valence-electron chi connectivity index (χ2n) is 7.55. The molecule has 8 heteroatoms. The first-order chi connectivity index (χ1) is 15.6. The van der Waals surface area contributed by atoms with Crippen LogP contribution in [0.3, 0.4) is 0 Å². The molecule has 0 spiro atoms. The average Bonchev–Trinajstić information content (AvgIpc) is 3.44. The monoisotopic (exact) mass is 442 g/mol. The molecule has 32 heavy (non-hydrogen) atoms. The van der Waals surface area contributed by atoms with E-state index in [0.717, 1.165) is 21.8 Å². The molecule has 0 saturated heterocycles. The fourth-order valence-corrected chi connectivity index (χ4v) is 4.37. The Balaban J connectivity index is 1.73. The predicted octanol–water partition coefficient (Wildman–Crippen LogP) is 3.89. The second-order valence-corrected chi connectivity index (χ2v) is 7.73. The fraction of sp³-hybridized carbons (Fsp3) is 0.125. The Morgan fingerprint density at radius 2 is 1.81 bits per heavy atom. The number of aromatic nitrogens is 2. The Morgan fingerprint density at radius 1 is 1.03 bits per heavy atom. The van der Waals surface area contributed by atoms with Gasteiger partial charge in [0.2, 0.25) is 0 Å². The summed E-state index contributed by atoms with van der Waals surface area (Å²) in [6.45, 7) is 1.13. The van der Waals surface area contributed by atoms with E-state index in [-0.39, 0.29) is 5.75 Å². The van der Waals surface area contributed by atoms with E-state index in [1.54, 1.807) is 24.4 Å². The van der Waals surface area contributed by atoms with Crippen molar-refractivity contribution >= 4 is 62.1 Å². The highest BCUT2D eigenvalue weighted by molar-refractivity contribution is 7.78. The van der Waals surface area contributed by atoms with Gasteiger partial charge in [-0.3, -0.25) is 14.9 Å². The number of para-hydroxylation sites is 1. The number of aliphatic imine (C=N–C) groups is 1. The van der Waals surface area contributed by atoms with Gasteiger partial charge in [0.05, 0.1) is 28.4 Å². The van der Waals surface area contributed by atoms with E-state index in [4.69, 9.17) is 0 Å². The van der Waals surface area contributed by atoms with Crippen molar-refractivity contribution in [2.45, 2.75) is 13.0 Å². The van der Waals surface area contributed by atoms with Crippen LogP contribution >= 0.6 is 12.2 Å². The molecule has 0 atom stereocenters. The van der Waals surface area contributed by atoms with Gasteiger partial charge >= 0.3 is 0 Å². The Morgan fingerprint density at radius 3 is 2.62 bits per heavy atom. The van der Waals surface area contributed by atoms with E-state index in [2.05, 4.69) is 32.7 Å². The number of amides is 2. The van der Waals surface area contributed by atoms with Crippen LogP contribution in [0.1, 0.15) is 17.5 Å². The van der Waals surface area contributed by atoms with E-state index in [1.807, 2.05) is 35.0 Å². The summed E-state index contributed by atoms with van der Waals surface area (Å²) in [6, 6.07) is 12.6. The van der Waals surface area contributed by atoms with Crippen molar-refractivity contribution in [1.29, 1.82) is 0 Å². The molecule has 0 bridgehead atoms. The SMILES string of the molecule is O=C1NC(=O)C(c2cn(CCCN=C=S)c3cc(O)ccc23)=C1c1c[nH]c2ccccc12. The molecule has 3 heterocycles. The number of aromatic hydroxyl groups is 1. The summed E-state index contributed by atoms with van der Waals surface area (Å²) >= 11 is 4.62. The van der Waals surface area contributed by atoms with Crippen molar-refractivity contribution in [2.24, 2.45) is 4.99 Å². The molecule has 3 N–H and O–H groups in total. The number of isothiocyanates is 1. The summed E-state index contributed by atoms with van der Waals surface area (Å²) in [7, 11) is 0. The number of nitrogens with one attached hydrogen (secondary N) is 2. The number of carbonyl (C=O) groups is 2. The van der Waals surface area contributed by atoms with Gasteiger partial charge in [0.1, 0.15) is 5.75 Å². The van der Waals surface area contributed by atoms with Crippen LogP contribution in [-0.2, 0) is 16.1 Å². The van der Waals surface area contributed by atoms with Crippen molar-refractivity contribution < 1.29 is 14.7 Å². The number of aromatic amines is 1. The lowest BCUT2D eigenvalue weighted by Crippen LogP contribution is -2.22. The molecule has 0 unspecified atom stereocenters. The van der Waals surface area contributed by atoms with Crippen molar-refractivity contribution in [2.75, 3.05) is 6.54 Å². The number of thiocarbonyl (C=S) groups is 1. The quantitative estimate of drug-likeness (QED) is 0.183. The summed E-state index contributed by atoms with van der Waals surface area (Å²) in [5.74, 6) is -0.740. The van der Waals surface area contributed by atoms with Gasteiger partial charge in [-0.2, -0.15) is 0 Å². The van der Waals surface area contributed by atoms with Gasteiger partial charge in [-0.15, -0.1) is 0 Å². The van der Waals surface area contributed by atoms with Crippen LogP contribution in [0.2, 0.25) is 0 Å². The van der Waals surface area contributed by atoms with Crippen LogP contribution in [-0.4, -0.2) is 38.2 Å². The maximum atomic E-state index is 13.0. The van der Waals surface area contributed by atoms with E-state index in [9.17, 15) is 14.7 Å². The number of phenolic OH excluding ortho intramolecular Hbond substituents is 1. The first-order valence-electron chi connectivity index (χ1n) is 10.1. The molecule has 5 rings (SSSR count). The highest BCUT2D eigenvalue weighted by Crippen LogP contribution is 2.38. The minimum atomic E-state index is -0.437. The highest BCUT2D eigenvalue weighted by atomic mass is 32.1. The number of hydrogen-bond donors (Lipinski definition) is 3. The second kappa shape index (κ2) is 7.92. The number of aryl methyl sites for hydroxylation is 1. The fourth-order valence-electron chi connectivity index (χ4n) is 4.28. The van der Waals surface area contributed by atoms with Gasteiger partial charge in [0, 0.05) is 52.4 Å². The molecule has 4 aromatic rings. The third-order valence-electron chi connectivity index (χ3n) is 5.66. The number of benzene rings is 2. The number of H-pyrrole nitrogens is 1. The highest BCUT2D eigenvalue weighted by Gasteiger charge is 2.35. The van der Waals surface area contributed by atoms with Crippen molar-refractivity contribution in [3.05, 3.63) is 66.0 Å². The number of nitrogens with zero attached hydrogens (tertiary/aromatic N) is 2. The number of carbonyl (C=O) groups excluding carboxylic acids is 2. The Labute approximate surface area is 188 Å². The molecule has 158 valence electrons. The molecule has 0 saturated carbocycles. The zero-order chi connectivity index (χ0) is 22.2. The van der Waals surface area contributed by atoms with Gasteiger partial charge in [0.15, 0.2) is 0 Å². The number of phenols is 1. The summed E-state index contributed by atoms with van der Waals surface area (Å²) in [4.78, 5) is 32.9. The van der Waals surface area contributed by atoms with Gasteiger partial charge in [-0.25, -0.2) is 4.99 Å². The molecule has 0 aliphatic carbocycles. The zero-order valence-corrected chi connectivity index (χ0v) is 17.7. The number of rotatable bonds is 6. The molecule has 0 fully saturated rings. The first kappa shape index (κ1) is 19.9. The van der Waals surface area contributed by atoms with E-state index in [1.165, 1.54) is 0 Å². The molecule has 1 aliphatic heterocycles. The molecule has 2 aromatic carbocycles. The van der Waals surface area contributed by atoms with E-state index < -0.39 is 11.8 Å². The maximum Gasteiger partial charge on any atom is 0.259 e. The largest absolute Gasteiger partial charge is 0.508 e. The number of hydrogen-bond acceptors (Lipinski definition) is 5. The van der Waals surface area contributed by atoms with Gasteiger partial charge in [-0.05, 0) is 36.8 Å². The lowest BCUT2D eigenvalue weighted by molar-refractivity contribution is -0.122. The predicted molar refractivity (Wildman–Crippen MR) is 126 cm³/mol. The Bertz CT molecular complexity index is 1490. The third-order valence-corrected chi connectivity index (χ3v) is 5.79. The topological polar surface area (TPSA) is 99.5 Å². The molecule has 0 radical (unpaired) electrons. The van der Waals surface area contributed by atoms with Crippen LogP contribution in [0.25, 0.3) is 33.0 Å². The van der Waals surface area contributed by atoms with Gasteiger partial charge in [0.25, 0.3) is 11.8 Å². The molecule has 1 aliphatic rings. The van der Waals surface area contributed by atoms with Crippen LogP contribution in [0, 0.1) is 0 Å². The van der Waals surface area contributed by atoms with Crippen LogP contribution < -0.4 is 5.32 Å². The van der Waals surface area contributed by atoms with Crippen LogP contribution in [0.5, 0.6) is 5.75 Å². The molecule has 2 aromatic heterocycles. The maximum absolute atomic E-state index is 13.0. The third kappa shape index (κ3) is 3.22. The van der Waals surface area contributed by atoms with Gasteiger partial charge < -0.3 is 14.7 Å². The molecular formula is C24H18N4O3S. The summed E-state index contributed by atoms with van der Waals surface area (Å²) in [6.07, 6.45) is 4.32. The molecule has 7 nitrogen and oxygen atoms in total. The molecular weight excluding hydrogens is 424 g/mol. The normalized spacial score (nSPS) is 13.8. The Kier molecular flexibility index (Phi) is 4.93. The van der Waals surface area contributed by atoms with Gasteiger partial charge in [-0.1, -0.05) is 18.2 Å². The lowest BCUT2D eigenvalue weighted by atomic mass is 9.95. The minimum Gasteiger partial charge on any atom is -0.508 e. The summed E-state index contributed by atoms with van der Waals surface area (Å²) in [5, 5.41) is 16.5. The number of fused-ring (bicyclic) bond motifs is 2.